The standard InChI is InChI=1S/C26H23ClN2O4S/c1-3-32-24-7-5-4-6-22(24)29-25(30)21(28-26(29)34)15-17-8-13-23(31-2)18(14-17)16-33-20-11-9-19(27)10-12-20/h4-15H,3,16H2,1-2H3,(H,28,34)/b21-15+. The maximum absolute atomic E-state index is 13.2. The van der Waals surface area contributed by atoms with Crippen molar-refractivity contribution in [2.45, 2.75) is 13.5 Å². The molecule has 1 N–H and O–H groups in total. The zero-order valence-electron chi connectivity index (χ0n) is 18.7. The molecule has 174 valence electrons. The first-order valence-electron chi connectivity index (χ1n) is 10.6. The van der Waals surface area contributed by atoms with Gasteiger partial charge in [0.2, 0.25) is 0 Å². The van der Waals surface area contributed by atoms with Crippen molar-refractivity contribution in [1.82, 2.24) is 5.32 Å². The fraction of sp³-hybridized carbons (Fsp3) is 0.154. The number of ether oxygens (including phenoxy) is 3. The quantitative estimate of drug-likeness (QED) is 0.325. The maximum Gasteiger partial charge on any atom is 0.281 e. The number of hydrogen-bond donors (Lipinski definition) is 1. The van der Waals surface area contributed by atoms with E-state index < -0.39 is 0 Å². The Hall–Kier alpha value is -3.55. The molecule has 8 heteroatoms. The van der Waals surface area contributed by atoms with Gasteiger partial charge in [0, 0.05) is 10.6 Å². The number of rotatable bonds is 8. The van der Waals surface area contributed by atoms with Crippen molar-refractivity contribution in [2.24, 2.45) is 0 Å². The monoisotopic (exact) mass is 494 g/mol. The SMILES string of the molecule is CCOc1ccccc1N1C(=O)/C(=C\c2ccc(OC)c(COc3ccc(Cl)cc3)c2)NC1=S. The second-order valence-corrected chi connectivity index (χ2v) is 8.17. The van der Waals surface area contributed by atoms with Crippen LogP contribution in [0.25, 0.3) is 6.08 Å². The highest BCUT2D eigenvalue weighted by Crippen LogP contribution is 2.32. The molecule has 0 spiro atoms. The number of thiocarbonyl (C=S) groups is 1. The summed E-state index contributed by atoms with van der Waals surface area (Å²) in [7, 11) is 1.60. The number of para-hydroxylation sites is 2. The molecule has 1 aliphatic heterocycles. The van der Waals surface area contributed by atoms with Crippen LogP contribution in [0.2, 0.25) is 5.02 Å². The van der Waals surface area contributed by atoms with E-state index in [0.717, 1.165) is 11.1 Å². The molecule has 6 nitrogen and oxygen atoms in total. The van der Waals surface area contributed by atoms with Crippen molar-refractivity contribution in [1.29, 1.82) is 0 Å². The Morgan fingerprint density at radius 3 is 2.53 bits per heavy atom. The van der Waals surface area contributed by atoms with Gasteiger partial charge in [-0.15, -0.1) is 0 Å². The zero-order chi connectivity index (χ0) is 24.1. The van der Waals surface area contributed by atoms with E-state index in [1.54, 1.807) is 43.5 Å². The lowest BCUT2D eigenvalue weighted by molar-refractivity contribution is -0.113. The molecule has 3 aromatic rings. The molecule has 1 aliphatic rings. The van der Waals surface area contributed by atoms with Gasteiger partial charge in [-0.1, -0.05) is 29.8 Å². The predicted molar refractivity (Wildman–Crippen MR) is 138 cm³/mol. The lowest BCUT2D eigenvalue weighted by atomic mass is 10.1. The maximum atomic E-state index is 13.2. The number of nitrogens with one attached hydrogen (secondary N) is 1. The van der Waals surface area contributed by atoms with E-state index in [0.29, 0.717) is 45.4 Å². The molecular weight excluding hydrogens is 472 g/mol. The number of carbonyl (C=O) groups excluding carboxylic acids is 1. The molecule has 3 aromatic carbocycles. The molecule has 0 bridgehead atoms. The topological polar surface area (TPSA) is 60.0 Å². The van der Waals surface area contributed by atoms with Gasteiger partial charge < -0.3 is 19.5 Å². The summed E-state index contributed by atoms with van der Waals surface area (Å²) in [6.45, 7) is 2.66. The van der Waals surface area contributed by atoms with Crippen LogP contribution >= 0.6 is 23.8 Å². The average Bonchev–Trinajstić information content (AvgIpc) is 3.12. The summed E-state index contributed by atoms with van der Waals surface area (Å²) in [5.74, 6) is 1.71. The van der Waals surface area contributed by atoms with E-state index in [1.807, 2.05) is 43.3 Å². The van der Waals surface area contributed by atoms with Crippen molar-refractivity contribution < 1.29 is 19.0 Å². The van der Waals surface area contributed by atoms with Crippen molar-refractivity contribution in [3.63, 3.8) is 0 Å². The molecule has 0 saturated carbocycles. The van der Waals surface area contributed by atoms with E-state index in [9.17, 15) is 4.79 Å². The zero-order valence-corrected chi connectivity index (χ0v) is 20.3. The minimum atomic E-state index is -0.257. The first-order valence-corrected chi connectivity index (χ1v) is 11.4. The smallest absolute Gasteiger partial charge is 0.281 e. The highest BCUT2D eigenvalue weighted by atomic mass is 35.5. The Morgan fingerprint density at radius 1 is 1.03 bits per heavy atom. The van der Waals surface area contributed by atoms with Gasteiger partial charge in [0.25, 0.3) is 5.91 Å². The van der Waals surface area contributed by atoms with Crippen LogP contribution < -0.4 is 24.4 Å². The first kappa shape index (κ1) is 23.6. The molecule has 0 aromatic heterocycles. The molecule has 1 saturated heterocycles. The molecule has 1 amide bonds. The van der Waals surface area contributed by atoms with Crippen molar-refractivity contribution in [2.75, 3.05) is 18.6 Å². The Kier molecular flexibility index (Phi) is 7.35. The Labute approximate surface area is 208 Å². The molecule has 0 aliphatic carbocycles. The minimum Gasteiger partial charge on any atom is -0.496 e. The summed E-state index contributed by atoms with van der Waals surface area (Å²) in [6, 6.07) is 20.1. The molecule has 1 fully saturated rings. The number of nitrogens with zero attached hydrogens (tertiary/aromatic N) is 1. The Morgan fingerprint density at radius 2 is 1.79 bits per heavy atom. The Balaban J connectivity index is 1.58. The van der Waals surface area contributed by atoms with Gasteiger partial charge in [0.05, 0.1) is 19.4 Å². The lowest BCUT2D eigenvalue weighted by Crippen LogP contribution is -2.30. The molecular formula is C26H23ClN2O4S. The van der Waals surface area contributed by atoms with Crippen LogP contribution in [0.5, 0.6) is 17.2 Å². The number of methoxy groups -OCH3 is 1. The number of hydrogen-bond acceptors (Lipinski definition) is 5. The predicted octanol–water partition coefficient (Wildman–Crippen LogP) is 5.59. The molecule has 1 heterocycles. The third-order valence-corrected chi connectivity index (χ3v) is 5.64. The normalized spacial score (nSPS) is 14.3. The fourth-order valence-electron chi connectivity index (χ4n) is 3.53. The summed E-state index contributed by atoms with van der Waals surface area (Å²) in [4.78, 5) is 14.7. The highest BCUT2D eigenvalue weighted by Gasteiger charge is 2.33. The van der Waals surface area contributed by atoms with Crippen LogP contribution in [-0.2, 0) is 11.4 Å². The van der Waals surface area contributed by atoms with Crippen LogP contribution in [0.1, 0.15) is 18.1 Å². The van der Waals surface area contributed by atoms with E-state index in [4.69, 9.17) is 38.0 Å². The van der Waals surface area contributed by atoms with Crippen LogP contribution in [0, 0.1) is 0 Å². The average molecular weight is 495 g/mol. The van der Waals surface area contributed by atoms with Gasteiger partial charge in [-0.2, -0.15) is 0 Å². The number of anilines is 1. The molecule has 0 unspecified atom stereocenters. The molecule has 0 atom stereocenters. The molecule has 34 heavy (non-hydrogen) atoms. The summed E-state index contributed by atoms with van der Waals surface area (Å²) >= 11 is 11.4. The van der Waals surface area contributed by atoms with Gasteiger partial charge >= 0.3 is 0 Å². The second kappa shape index (κ2) is 10.6. The van der Waals surface area contributed by atoms with E-state index in [2.05, 4.69) is 5.32 Å². The third kappa shape index (κ3) is 5.16. The molecule has 4 rings (SSSR count). The van der Waals surface area contributed by atoms with E-state index >= 15 is 0 Å². The number of benzene rings is 3. The summed E-state index contributed by atoms with van der Waals surface area (Å²) in [5.41, 5.74) is 2.60. The lowest BCUT2D eigenvalue weighted by Gasteiger charge is -2.18. The number of halogens is 1. The summed E-state index contributed by atoms with van der Waals surface area (Å²) in [6.07, 6.45) is 1.75. The van der Waals surface area contributed by atoms with Crippen molar-refractivity contribution in [3.05, 3.63) is 88.6 Å². The van der Waals surface area contributed by atoms with Crippen molar-refractivity contribution >= 4 is 46.6 Å². The number of amides is 1. The van der Waals surface area contributed by atoms with Gasteiger partial charge in [-0.3, -0.25) is 4.79 Å². The van der Waals surface area contributed by atoms with Crippen LogP contribution in [0.3, 0.4) is 0 Å². The van der Waals surface area contributed by atoms with Gasteiger partial charge in [-0.05, 0) is 79.3 Å². The summed E-state index contributed by atoms with van der Waals surface area (Å²) < 4.78 is 17.0. The third-order valence-electron chi connectivity index (χ3n) is 5.11. The van der Waals surface area contributed by atoms with Crippen molar-refractivity contribution in [3.8, 4) is 17.2 Å². The highest BCUT2D eigenvalue weighted by molar-refractivity contribution is 7.80. The van der Waals surface area contributed by atoms with Crippen LogP contribution in [0.4, 0.5) is 5.69 Å². The number of carbonyl (C=O) groups is 1. The second-order valence-electron chi connectivity index (χ2n) is 7.34. The minimum absolute atomic E-state index is 0.257. The Bertz CT molecular complexity index is 1240. The van der Waals surface area contributed by atoms with Gasteiger partial charge in [-0.25, -0.2) is 4.90 Å². The van der Waals surface area contributed by atoms with Crippen LogP contribution in [-0.4, -0.2) is 24.7 Å². The largest absolute Gasteiger partial charge is 0.496 e. The molecule has 0 radical (unpaired) electrons. The van der Waals surface area contributed by atoms with E-state index in [-0.39, 0.29) is 12.5 Å². The van der Waals surface area contributed by atoms with E-state index in [1.165, 1.54) is 4.90 Å². The van der Waals surface area contributed by atoms with Gasteiger partial charge in [0.15, 0.2) is 5.11 Å². The van der Waals surface area contributed by atoms with Crippen LogP contribution in [0.15, 0.2) is 72.4 Å². The summed E-state index contributed by atoms with van der Waals surface area (Å²) in [5, 5.41) is 3.96. The first-order chi connectivity index (χ1) is 16.5. The van der Waals surface area contributed by atoms with Gasteiger partial charge in [0.1, 0.15) is 29.6 Å². The fourth-order valence-corrected chi connectivity index (χ4v) is 3.95.